The first-order chi connectivity index (χ1) is 9.35. The molecular weight excluding hydrogens is 266 g/mol. The molecule has 0 aromatic carbocycles. The van der Waals surface area contributed by atoms with E-state index in [0.717, 1.165) is 0 Å². The fourth-order valence-corrected chi connectivity index (χ4v) is 2.08. The highest BCUT2D eigenvalue weighted by atomic mass is 16.5. The summed E-state index contributed by atoms with van der Waals surface area (Å²) in [5.41, 5.74) is 0. The molecule has 0 saturated carbocycles. The highest BCUT2D eigenvalue weighted by Gasteiger charge is 2.32. The van der Waals surface area contributed by atoms with Crippen LogP contribution in [0.3, 0.4) is 0 Å². The van der Waals surface area contributed by atoms with Crippen LogP contribution >= 0.6 is 0 Å². The number of rotatable bonds is 4. The van der Waals surface area contributed by atoms with Gasteiger partial charge in [-0.25, -0.2) is 9.59 Å². The molecule has 0 aromatic rings. The Morgan fingerprint density at radius 1 is 1.45 bits per heavy atom. The number of carbonyl (C=O) groups is 3. The van der Waals surface area contributed by atoms with Crippen LogP contribution in [-0.4, -0.2) is 71.8 Å². The number of urea groups is 1. The Labute approximate surface area is 117 Å². The van der Waals surface area contributed by atoms with Crippen LogP contribution in [0.1, 0.15) is 20.3 Å². The van der Waals surface area contributed by atoms with E-state index in [1.165, 1.54) is 12.0 Å². The summed E-state index contributed by atoms with van der Waals surface area (Å²) in [7, 11) is 1.28. The van der Waals surface area contributed by atoms with E-state index in [0.29, 0.717) is 19.5 Å². The number of methoxy groups -OCH3 is 1. The topological polar surface area (TPSA) is 99.2 Å². The van der Waals surface area contributed by atoms with Gasteiger partial charge < -0.3 is 25.0 Å². The summed E-state index contributed by atoms with van der Waals surface area (Å²) in [4.78, 5) is 37.0. The summed E-state index contributed by atoms with van der Waals surface area (Å²) in [5.74, 6) is -1.05. The highest BCUT2D eigenvalue weighted by Crippen LogP contribution is 2.13. The molecule has 1 unspecified atom stereocenters. The van der Waals surface area contributed by atoms with Crippen molar-refractivity contribution in [1.29, 1.82) is 0 Å². The average molecular weight is 287 g/mol. The van der Waals surface area contributed by atoms with Crippen LogP contribution in [0.4, 0.5) is 9.59 Å². The molecule has 1 aliphatic heterocycles. The number of amides is 3. The van der Waals surface area contributed by atoms with Gasteiger partial charge >= 0.3 is 18.1 Å². The van der Waals surface area contributed by atoms with Crippen LogP contribution in [0.25, 0.3) is 0 Å². The first-order valence-corrected chi connectivity index (χ1v) is 6.47. The molecule has 2 N–H and O–H groups in total. The first kappa shape index (κ1) is 16.1. The Morgan fingerprint density at radius 2 is 2.10 bits per heavy atom. The number of ether oxygens (including phenoxy) is 1. The van der Waals surface area contributed by atoms with Gasteiger partial charge in [0.2, 0.25) is 0 Å². The van der Waals surface area contributed by atoms with Crippen LogP contribution in [-0.2, 0) is 9.53 Å². The van der Waals surface area contributed by atoms with Crippen molar-refractivity contribution in [3.05, 3.63) is 0 Å². The fraction of sp³-hybridized carbons (Fsp3) is 0.750. The summed E-state index contributed by atoms with van der Waals surface area (Å²) in [6.45, 7) is 4.04. The molecular formula is C12H21N3O5. The minimum absolute atomic E-state index is 0.162. The zero-order valence-electron chi connectivity index (χ0n) is 12.0. The Hall–Kier alpha value is -1.99. The van der Waals surface area contributed by atoms with Crippen LogP contribution in [0.15, 0.2) is 0 Å². The van der Waals surface area contributed by atoms with Crippen molar-refractivity contribution < 1.29 is 24.2 Å². The number of nitrogens with zero attached hydrogens (tertiary/aromatic N) is 2. The SMILES string of the molecule is COC(=O)NC1CCN(C(=O)N(CC(=O)O)C(C)C)C1. The maximum absolute atomic E-state index is 12.3. The molecule has 8 heteroatoms. The van der Waals surface area contributed by atoms with E-state index in [9.17, 15) is 14.4 Å². The zero-order chi connectivity index (χ0) is 15.3. The summed E-state index contributed by atoms with van der Waals surface area (Å²) in [5, 5.41) is 11.5. The van der Waals surface area contributed by atoms with Crippen LogP contribution in [0.5, 0.6) is 0 Å². The van der Waals surface area contributed by atoms with E-state index < -0.39 is 12.1 Å². The summed E-state index contributed by atoms with van der Waals surface area (Å²) in [6.07, 6.45) is 0.0930. The summed E-state index contributed by atoms with van der Waals surface area (Å²) < 4.78 is 4.50. The van der Waals surface area contributed by atoms with Crippen molar-refractivity contribution in [1.82, 2.24) is 15.1 Å². The largest absolute Gasteiger partial charge is 0.480 e. The Morgan fingerprint density at radius 3 is 2.60 bits per heavy atom. The van der Waals surface area contributed by atoms with Gasteiger partial charge in [0, 0.05) is 19.1 Å². The predicted molar refractivity (Wildman–Crippen MR) is 70.4 cm³/mol. The van der Waals surface area contributed by atoms with Gasteiger partial charge in [0.25, 0.3) is 0 Å². The van der Waals surface area contributed by atoms with E-state index in [1.807, 2.05) is 0 Å². The van der Waals surface area contributed by atoms with Gasteiger partial charge in [0.15, 0.2) is 0 Å². The number of nitrogens with one attached hydrogen (secondary N) is 1. The number of carboxylic acid groups (broad SMARTS) is 1. The van der Waals surface area contributed by atoms with Crippen molar-refractivity contribution in [3.8, 4) is 0 Å². The second-order valence-electron chi connectivity index (χ2n) is 4.97. The summed E-state index contributed by atoms with van der Waals surface area (Å²) in [6, 6.07) is -0.687. The van der Waals surface area contributed by atoms with Gasteiger partial charge in [0.1, 0.15) is 6.54 Å². The van der Waals surface area contributed by atoms with Crippen molar-refractivity contribution in [2.45, 2.75) is 32.4 Å². The monoisotopic (exact) mass is 287 g/mol. The second kappa shape index (κ2) is 6.97. The van der Waals surface area contributed by atoms with Crippen molar-refractivity contribution in [3.63, 3.8) is 0 Å². The zero-order valence-corrected chi connectivity index (χ0v) is 12.0. The number of carbonyl (C=O) groups excluding carboxylic acids is 2. The van der Waals surface area contributed by atoms with Gasteiger partial charge in [-0.2, -0.15) is 0 Å². The molecule has 1 atom stereocenters. The maximum atomic E-state index is 12.3. The molecule has 3 amide bonds. The number of carboxylic acids is 1. The number of hydrogen-bond acceptors (Lipinski definition) is 4. The molecule has 0 spiro atoms. The average Bonchev–Trinajstić information content (AvgIpc) is 2.82. The molecule has 20 heavy (non-hydrogen) atoms. The van der Waals surface area contributed by atoms with Crippen molar-refractivity contribution >= 4 is 18.1 Å². The Balaban J connectivity index is 2.59. The van der Waals surface area contributed by atoms with E-state index in [2.05, 4.69) is 10.1 Å². The first-order valence-electron chi connectivity index (χ1n) is 6.47. The van der Waals surface area contributed by atoms with Crippen LogP contribution < -0.4 is 5.32 Å². The minimum atomic E-state index is -1.05. The van der Waals surface area contributed by atoms with E-state index >= 15 is 0 Å². The molecule has 1 fully saturated rings. The number of alkyl carbamates (subject to hydrolysis) is 1. The third-order valence-corrected chi connectivity index (χ3v) is 3.14. The van der Waals surface area contributed by atoms with Crippen LogP contribution in [0.2, 0.25) is 0 Å². The lowest BCUT2D eigenvalue weighted by molar-refractivity contribution is -0.138. The van der Waals surface area contributed by atoms with E-state index in [1.54, 1.807) is 18.7 Å². The lowest BCUT2D eigenvalue weighted by Gasteiger charge is -2.29. The molecule has 0 aliphatic carbocycles. The second-order valence-corrected chi connectivity index (χ2v) is 4.97. The molecule has 8 nitrogen and oxygen atoms in total. The third kappa shape index (κ3) is 4.29. The smallest absolute Gasteiger partial charge is 0.407 e. The van der Waals surface area contributed by atoms with Gasteiger partial charge in [0.05, 0.1) is 13.2 Å². The lowest BCUT2D eigenvalue weighted by atomic mass is 10.3. The molecule has 0 aromatic heterocycles. The van der Waals surface area contributed by atoms with Crippen molar-refractivity contribution in [2.75, 3.05) is 26.7 Å². The van der Waals surface area contributed by atoms with Gasteiger partial charge in [-0.3, -0.25) is 4.79 Å². The Kier molecular flexibility index (Phi) is 5.60. The molecule has 0 radical (unpaired) electrons. The lowest BCUT2D eigenvalue weighted by Crippen LogP contribution is -2.48. The van der Waals surface area contributed by atoms with Gasteiger partial charge in [-0.05, 0) is 20.3 Å². The number of likely N-dealkylation sites (tertiary alicyclic amines) is 1. The molecule has 1 heterocycles. The van der Waals surface area contributed by atoms with E-state index in [-0.39, 0.29) is 24.7 Å². The third-order valence-electron chi connectivity index (χ3n) is 3.14. The predicted octanol–water partition coefficient (Wildman–Crippen LogP) is 0.332. The molecule has 1 saturated heterocycles. The normalized spacial score (nSPS) is 18.0. The van der Waals surface area contributed by atoms with Gasteiger partial charge in [-0.15, -0.1) is 0 Å². The standard InChI is InChI=1S/C12H21N3O5/c1-8(2)15(7-10(16)17)12(19)14-5-4-9(6-14)13-11(18)20-3/h8-9H,4-7H2,1-3H3,(H,13,18)(H,16,17). The quantitative estimate of drug-likeness (QED) is 0.776. The molecule has 1 aliphatic rings. The fourth-order valence-electron chi connectivity index (χ4n) is 2.08. The summed E-state index contributed by atoms with van der Waals surface area (Å²) >= 11 is 0. The van der Waals surface area contributed by atoms with Crippen LogP contribution in [0, 0.1) is 0 Å². The number of aliphatic carboxylic acids is 1. The Bertz CT molecular complexity index is 385. The highest BCUT2D eigenvalue weighted by molar-refractivity contribution is 5.80. The minimum Gasteiger partial charge on any atom is -0.480 e. The molecule has 0 bridgehead atoms. The molecule has 114 valence electrons. The van der Waals surface area contributed by atoms with E-state index in [4.69, 9.17) is 5.11 Å². The number of hydrogen-bond donors (Lipinski definition) is 2. The van der Waals surface area contributed by atoms with Crippen molar-refractivity contribution in [2.24, 2.45) is 0 Å². The molecule has 1 rings (SSSR count). The maximum Gasteiger partial charge on any atom is 0.407 e. The van der Waals surface area contributed by atoms with Gasteiger partial charge in [-0.1, -0.05) is 0 Å².